The molecule has 1 unspecified atom stereocenters. The van der Waals surface area contributed by atoms with Crippen LogP contribution in [-0.2, 0) is 19.9 Å². The zero-order chi connectivity index (χ0) is 14.2. The number of carboxylic acids is 1. The van der Waals surface area contributed by atoms with E-state index in [1.54, 1.807) is 13.8 Å². The van der Waals surface area contributed by atoms with Crippen molar-refractivity contribution in [2.24, 2.45) is 10.2 Å². The van der Waals surface area contributed by atoms with Crippen LogP contribution in [0.15, 0.2) is 10.2 Å². The van der Waals surface area contributed by atoms with E-state index in [9.17, 15) is 14.7 Å². The summed E-state index contributed by atoms with van der Waals surface area (Å²) in [6.45, 7) is 3.13. The van der Waals surface area contributed by atoms with Crippen LogP contribution in [0, 0.1) is 6.92 Å². The third-order valence-electron chi connectivity index (χ3n) is 2.55. The molecule has 1 aliphatic rings. The lowest BCUT2D eigenvalue weighted by molar-refractivity contribution is -0.161. The van der Waals surface area contributed by atoms with Gasteiger partial charge < -0.3 is 9.84 Å². The molecule has 1 aromatic rings. The van der Waals surface area contributed by atoms with Crippen molar-refractivity contribution >= 4 is 29.2 Å². The molecule has 1 N–H and O–H groups in total. The quantitative estimate of drug-likeness (QED) is 0.509. The van der Waals surface area contributed by atoms with Gasteiger partial charge in [-0.05, 0) is 25.4 Å². The Kier molecular flexibility index (Phi) is 3.19. The van der Waals surface area contributed by atoms with Crippen molar-refractivity contribution in [3.63, 3.8) is 0 Å². The van der Waals surface area contributed by atoms with E-state index in [1.165, 1.54) is 0 Å². The summed E-state index contributed by atoms with van der Waals surface area (Å²) in [5.41, 5.74) is -2.01. The number of fused-ring (bicyclic) bond motifs is 1. The summed E-state index contributed by atoms with van der Waals surface area (Å²) in [5, 5.41) is 16.4. The van der Waals surface area contributed by atoms with Crippen LogP contribution in [0.25, 0.3) is 0 Å². The van der Waals surface area contributed by atoms with E-state index in [-0.39, 0.29) is 23.3 Å². The second-order valence-electron chi connectivity index (χ2n) is 3.71. The van der Waals surface area contributed by atoms with Gasteiger partial charge in [-0.2, -0.15) is 5.11 Å². The zero-order valence-corrected chi connectivity index (χ0v) is 10.8. The minimum atomic E-state index is -2.30. The topological polar surface area (TPSA) is 114 Å². The van der Waals surface area contributed by atoms with E-state index in [0.717, 1.165) is 0 Å². The van der Waals surface area contributed by atoms with Crippen molar-refractivity contribution in [1.82, 2.24) is 9.97 Å². The highest BCUT2D eigenvalue weighted by molar-refractivity contribution is 6.28. The molecule has 0 amide bonds. The summed E-state index contributed by atoms with van der Waals surface area (Å²) in [6.07, 6.45) is 0. The number of hydrogen-bond donors (Lipinski definition) is 1. The number of carboxylic acid groups (broad SMARTS) is 1. The summed E-state index contributed by atoms with van der Waals surface area (Å²) in [7, 11) is 0. The van der Waals surface area contributed by atoms with Gasteiger partial charge in [0.15, 0.2) is 0 Å². The van der Waals surface area contributed by atoms with Crippen LogP contribution in [-0.4, -0.2) is 33.6 Å². The number of aromatic nitrogens is 2. The summed E-state index contributed by atoms with van der Waals surface area (Å²) >= 11 is 5.69. The molecule has 100 valence electrons. The van der Waals surface area contributed by atoms with Gasteiger partial charge in [-0.3, -0.25) is 0 Å². The predicted molar refractivity (Wildman–Crippen MR) is 62.2 cm³/mol. The summed E-state index contributed by atoms with van der Waals surface area (Å²) < 4.78 is 4.75. The summed E-state index contributed by atoms with van der Waals surface area (Å²) in [6, 6.07) is 0. The summed E-state index contributed by atoms with van der Waals surface area (Å²) in [4.78, 5) is 31.0. The van der Waals surface area contributed by atoms with Gasteiger partial charge in [0.1, 0.15) is 11.4 Å². The van der Waals surface area contributed by atoms with Crippen LogP contribution in [0.2, 0.25) is 5.28 Å². The molecule has 0 radical (unpaired) electrons. The maximum atomic E-state index is 11.9. The zero-order valence-electron chi connectivity index (χ0n) is 10.0. The molecule has 19 heavy (non-hydrogen) atoms. The third kappa shape index (κ3) is 1.84. The molecule has 0 saturated carbocycles. The number of rotatable bonds is 3. The molecule has 0 fully saturated rings. The second-order valence-corrected chi connectivity index (χ2v) is 4.05. The van der Waals surface area contributed by atoms with Crippen LogP contribution in [0.5, 0.6) is 0 Å². The van der Waals surface area contributed by atoms with Crippen LogP contribution in [0.4, 0.5) is 5.69 Å². The molecule has 1 atom stereocenters. The fourth-order valence-electron chi connectivity index (χ4n) is 1.68. The molecule has 2 rings (SSSR count). The monoisotopic (exact) mass is 284 g/mol. The minimum absolute atomic E-state index is 0.0104. The van der Waals surface area contributed by atoms with E-state index in [1.807, 2.05) is 0 Å². The SMILES string of the molecule is CCOC(=O)C1(C(=O)O)N=Nc2c(C)nc(Cl)nc21. The third-order valence-corrected chi connectivity index (χ3v) is 2.72. The van der Waals surface area contributed by atoms with Crippen LogP contribution in [0.1, 0.15) is 18.3 Å². The molecule has 8 nitrogen and oxygen atoms in total. The predicted octanol–water partition coefficient (Wildman–Crippen LogP) is 1.38. The van der Waals surface area contributed by atoms with Crippen molar-refractivity contribution in [2.45, 2.75) is 19.4 Å². The number of ether oxygens (including phenoxy) is 1. The first-order valence-electron chi connectivity index (χ1n) is 5.31. The lowest BCUT2D eigenvalue weighted by atomic mass is 9.95. The average molecular weight is 285 g/mol. The van der Waals surface area contributed by atoms with Crippen molar-refractivity contribution < 1.29 is 19.4 Å². The molecule has 1 aromatic heterocycles. The molecule has 0 saturated heterocycles. The van der Waals surface area contributed by atoms with Gasteiger partial charge in [-0.1, -0.05) is 0 Å². The summed E-state index contributed by atoms with van der Waals surface area (Å²) in [5.74, 6) is -2.58. The highest BCUT2D eigenvalue weighted by atomic mass is 35.5. The van der Waals surface area contributed by atoms with Gasteiger partial charge in [-0.25, -0.2) is 19.6 Å². The van der Waals surface area contributed by atoms with E-state index in [4.69, 9.17) is 16.3 Å². The van der Waals surface area contributed by atoms with Gasteiger partial charge >= 0.3 is 17.5 Å². The van der Waals surface area contributed by atoms with Crippen molar-refractivity contribution in [2.75, 3.05) is 6.61 Å². The Morgan fingerprint density at radius 1 is 1.42 bits per heavy atom. The van der Waals surface area contributed by atoms with Crippen LogP contribution < -0.4 is 0 Å². The first-order valence-corrected chi connectivity index (χ1v) is 5.69. The molecule has 0 bridgehead atoms. The normalized spacial score (nSPS) is 20.2. The highest BCUT2D eigenvalue weighted by Gasteiger charge is 2.57. The van der Waals surface area contributed by atoms with Crippen molar-refractivity contribution in [3.8, 4) is 0 Å². The fraction of sp³-hybridized carbons (Fsp3) is 0.400. The minimum Gasteiger partial charge on any atom is -0.479 e. The lowest BCUT2D eigenvalue weighted by Gasteiger charge is -2.17. The lowest BCUT2D eigenvalue weighted by Crippen LogP contribution is -2.42. The van der Waals surface area contributed by atoms with Crippen LogP contribution in [0.3, 0.4) is 0 Å². The van der Waals surface area contributed by atoms with Gasteiger partial charge in [-0.15, -0.1) is 5.11 Å². The van der Waals surface area contributed by atoms with Gasteiger partial charge in [0.25, 0.3) is 0 Å². The number of aliphatic carboxylic acids is 1. The number of carbonyl (C=O) groups excluding carboxylic acids is 1. The standard InChI is InChI=1S/C10H9ClN4O4/c1-3-19-8(18)10(7(16)17)6-5(14-15-10)4(2)12-9(11)13-6/h3H2,1-2H3,(H,16,17). The van der Waals surface area contributed by atoms with E-state index < -0.39 is 17.5 Å². The first-order chi connectivity index (χ1) is 8.93. The number of hydrogen-bond acceptors (Lipinski definition) is 7. The Balaban J connectivity index is 2.67. The molecule has 2 heterocycles. The Hall–Kier alpha value is -2.09. The Morgan fingerprint density at radius 3 is 2.68 bits per heavy atom. The number of carbonyl (C=O) groups is 2. The van der Waals surface area contributed by atoms with Crippen LogP contribution >= 0.6 is 11.6 Å². The van der Waals surface area contributed by atoms with Crippen molar-refractivity contribution in [1.29, 1.82) is 0 Å². The molecule has 0 aromatic carbocycles. The maximum absolute atomic E-state index is 11.9. The van der Waals surface area contributed by atoms with Gasteiger partial charge in [0.05, 0.1) is 12.3 Å². The van der Waals surface area contributed by atoms with Gasteiger partial charge in [0, 0.05) is 0 Å². The Bertz CT molecular complexity index is 603. The number of nitrogens with zero attached hydrogens (tertiary/aromatic N) is 4. The average Bonchev–Trinajstić information content (AvgIpc) is 2.69. The molecule has 9 heteroatoms. The van der Waals surface area contributed by atoms with Gasteiger partial charge in [0.2, 0.25) is 5.28 Å². The fourth-order valence-corrected chi connectivity index (χ4v) is 1.89. The molecule has 0 spiro atoms. The number of esters is 1. The van der Waals surface area contributed by atoms with E-state index in [0.29, 0.717) is 5.69 Å². The largest absolute Gasteiger partial charge is 0.479 e. The highest BCUT2D eigenvalue weighted by Crippen LogP contribution is 2.42. The van der Waals surface area contributed by atoms with E-state index >= 15 is 0 Å². The Labute approximate surface area is 112 Å². The molecular formula is C10H9ClN4O4. The van der Waals surface area contributed by atoms with Crippen molar-refractivity contribution in [3.05, 3.63) is 16.7 Å². The smallest absolute Gasteiger partial charge is 0.354 e. The number of aryl methyl sites for hydroxylation is 1. The number of azo groups is 1. The maximum Gasteiger partial charge on any atom is 0.354 e. The number of halogens is 1. The second kappa shape index (κ2) is 4.54. The Morgan fingerprint density at radius 2 is 2.11 bits per heavy atom. The molecule has 0 aliphatic carbocycles. The molecular weight excluding hydrogens is 276 g/mol. The first kappa shape index (κ1) is 13.3. The van der Waals surface area contributed by atoms with E-state index in [2.05, 4.69) is 20.2 Å². The molecule has 1 aliphatic heterocycles.